The van der Waals surface area contributed by atoms with Gasteiger partial charge < -0.3 is 10.4 Å². The molecule has 1 saturated carbocycles. The number of aliphatic hydroxyl groups is 1. The SMILES string of the molecule is Cc1cc(C(=O)NCC2CCCC(O)C2)ncn1. The van der Waals surface area contributed by atoms with Crippen LogP contribution in [0.3, 0.4) is 0 Å². The molecule has 1 aromatic rings. The fourth-order valence-corrected chi connectivity index (χ4v) is 2.35. The highest BCUT2D eigenvalue weighted by Gasteiger charge is 2.20. The van der Waals surface area contributed by atoms with Gasteiger partial charge in [-0.3, -0.25) is 4.79 Å². The zero-order valence-electron chi connectivity index (χ0n) is 10.6. The summed E-state index contributed by atoms with van der Waals surface area (Å²) >= 11 is 0. The molecule has 1 aliphatic carbocycles. The zero-order valence-corrected chi connectivity index (χ0v) is 10.6. The van der Waals surface area contributed by atoms with E-state index in [1.165, 1.54) is 6.33 Å². The minimum atomic E-state index is -0.207. The summed E-state index contributed by atoms with van der Waals surface area (Å²) < 4.78 is 0. The first-order valence-corrected chi connectivity index (χ1v) is 6.40. The molecular formula is C13H19N3O2. The van der Waals surface area contributed by atoms with E-state index in [0.717, 1.165) is 31.4 Å². The van der Waals surface area contributed by atoms with Gasteiger partial charge in [0, 0.05) is 12.2 Å². The largest absolute Gasteiger partial charge is 0.393 e. The maximum absolute atomic E-state index is 11.9. The lowest BCUT2D eigenvalue weighted by Gasteiger charge is -2.25. The number of rotatable bonds is 3. The molecule has 1 heterocycles. The minimum absolute atomic E-state index is 0.166. The summed E-state index contributed by atoms with van der Waals surface area (Å²) in [6.45, 7) is 2.44. The van der Waals surface area contributed by atoms with Gasteiger partial charge in [-0.05, 0) is 38.2 Å². The normalized spacial score (nSPS) is 23.7. The van der Waals surface area contributed by atoms with Crippen molar-refractivity contribution in [2.24, 2.45) is 5.92 Å². The highest BCUT2D eigenvalue weighted by atomic mass is 16.3. The Labute approximate surface area is 107 Å². The molecular weight excluding hydrogens is 230 g/mol. The number of aryl methyl sites for hydroxylation is 1. The highest BCUT2D eigenvalue weighted by Crippen LogP contribution is 2.23. The first-order valence-electron chi connectivity index (χ1n) is 6.40. The average molecular weight is 249 g/mol. The lowest BCUT2D eigenvalue weighted by Crippen LogP contribution is -2.33. The Morgan fingerprint density at radius 2 is 2.33 bits per heavy atom. The molecule has 0 aliphatic heterocycles. The van der Waals surface area contributed by atoms with E-state index in [2.05, 4.69) is 15.3 Å². The van der Waals surface area contributed by atoms with Crippen LogP contribution >= 0.6 is 0 Å². The van der Waals surface area contributed by atoms with Gasteiger partial charge in [-0.25, -0.2) is 9.97 Å². The van der Waals surface area contributed by atoms with Crippen LogP contribution in [0.1, 0.15) is 41.9 Å². The molecule has 5 nitrogen and oxygen atoms in total. The van der Waals surface area contributed by atoms with E-state index in [4.69, 9.17) is 0 Å². The molecule has 98 valence electrons. The van der Waals surface area contributed by atoms with Gasteiger partial charge in [0.25, 0.3) is 5.91 Å². The Balaban J connectivity index is 1.84. The maximum atomic E-state index is 11.9. The molecule has 1 aromatic heterocycles. The Bertz CT molecular complexity index is 422. The number of aromatic nitrogens is 2. The van der Waals surface area contributed by atoms with E-state index in [0.29, 0.717) is 18.2 Å². The van der Waals surface area contributed by atoms with Gasteiger partial charge in [0.2, 0.25) is 0 Å². The zero-order chi connectivity index (χ0) is 13.0. The summed E-state index contributed by atoms with van der Waals surface area (Å²) in [6.07, 6.45) is 4.96. The van der Waals surface area contributed by atoms with E-state index in [-0.39, 0.29) is 12.0 Å². The van der Waals surface area contributed by atoms with Gasteiger partial charge in [-0.1, -0.05) is 6.42 Å². The number of carbonyl (C=O) groups is 1. The van der Waals surface area contributed by atoms with Crippen LogP contribution in [0.25, 0.3) is 0 Å². The topological polar surface area (TPSA) is 75.1 Å². The third-order valence-electron chi connectivity index (χ3n) is 3.34. The van der Waals surface area contributed by atoms with Crippen molar-refractivity contribution in [3.8, 4) is 0 Å². The fraction of sp³-hybridized carbons (Fsp3) is 0.615. The maximum Gasteiger partial charge on any atom is 0.270 e. The highest BCUT2D eigenvalue weighted by molar-refractivity contribution is 5.92. The van der Waals surface area contributed by atoms with Gasteiger partial charge in [0.1, 0.15) is 12.0 Å². The van der Waals surface area contributed by atoms with Gasteiger partial charge >= 0.3 is 0 Å². The van der Waals surface area contributed by atoms with Crippen molar-refractivity contribution >= 4 is 5.91 Å². The number of hydrogen-bond acceptors (Lipinski definition) is 4. The number of nitrogens with one attached hydrogen (secondary N) is 1. The number of amides is 1. The Morgan fingerprint density at radius 3 is 3.06 bits per heavy atom. The smallest absolute Gasteiger partial charge is 0.270 e. The van der Waals surface area contributed by atoms with E-state index in [1.54, 1.807) is 6.07 Å². The van der Waals surface area contributed by atoms with Crippen molar-refractivity contribution in [2.45, 2.75) is 38.7 Å². The van der Waals surface area contributed by atoms with Gasteiger partial charge in [-0.2, -0.15) is 0 Å². The molecule has 0 spiro atoms. The second kappa shape index (κ2) is 5.91. The number of carbonyl (C=O) groups excluding carboxylic acids is 1. The number of nitrogens with zero attached hydrogens (tertiary/aromatic N) is 2. The number of hydrogen-bond donors (Lipinski definition) is 2. The van der Waals surface area contributed by atoms with Crippen LogP contribution in [0, 0.1) is 12.8 Å². The third-order valence-corrected chi connectivity index (χ3v) is 3.34. The first kappa shape index (κ1) is 13.0. The second-order valence-electron chi connectivity index (χ2n) is 4.94. The molecule has 0 aromatic carbocycles. The molecule has 1 fully saturated rings. The summed E-state index contributed by atoms with van der Waals surface area (Å²) in [5.41, 5.74) is 1.18. The van der Waals surface area contributed by atoms with Crippen LogP contribution in [0.5, 0.6) is 0 Å². The Kier molecular flexibility index (Phi) is 4.25. The van der Waals surface area contributed by atoms with E-state index < -0.39 is 0 Å². The molecule has 0 saturated heterocycles. The van der Waals surface area contributed by atoms with Crippen molar-refractivity contribution in [2.75, 3.05) is 6.54 Å². The van der Waals surface area contributed by atoms with Crippen LogP contribution in [0.15, 0.2) is 12.4 Å². The van der Waals surface area contributed by atoms with Crippen LogP contribution in [-0.4, -0.2) is 33.6 Å². The van der Waals surface area contributed by atoms with E-state index in [1.807, 2.05) is 6.92 Å². The molecule has 5 heteroatoms. The molecule has 2 unspecified atom stereocenters. The average Bonchev–Trinajstić information content (AvgIpc) is 2.36. The Morgan fingerprint density at radius 1 is 1.50 bits per heavy atom. The second-order valence-corrected chi connectivity index (χ2v) is 4.94. The van der Waals surface area contributed by atoms with Crippen molar-refractivity contribution < 1.29 is 9.90 Å². The standard InChI is InChI=1S/C13H19N3O2/c1-9-5-12(16-8-15-9)13(18)14-7-10-3-2-4-11(17)6-10/h5,8,10-11,17H,2-4,6-7H2,1H3,(H,14,18). The van der Waals surface area contributed by atoms with Crippen molar-refractivity contribution in [3.63, 3.8) is 0 Å². The quantitative estimate of drug-likeness (QED) is 0.840. The summed E-state index contributed by atoms with van der Waals surface area (Å²) in [6, 6.07) is 1.67. The summed E-state index contributed by atoms with van der Waals surface area (Å²) in [7, 11) is 0. The molecule has 18 heavy (non-hydrogen) atoms. The van der Waals surface area contributed by atoms with Crippen molar-refractivity contribution in [1.29, 1.82) is 0 Å². The number of aliphatic hydroxyl groups excluding tert-OH is 1. The van der Waals surface area contributed by atoms with E-state index >= 15 is 0 Å². The molecule has 2 rings (SSSR count). The van der Waals surface area contributed by atoms with Crippen LogP contribution in [0.4, 0.5) is 0 Å². The summed E-state index contributed by atoms with van der Waals surface area (Å²) in [4.78, 5) is 19.8. The molecule has 2 atom stereocenters. The summed E-state index contributed by atoms with van der Waals surface area (Å²) in [5, 5.41) is 12.4. The van der Waals surface area contributed by atoms with E-state index in [9.17, 15) is 9.90 Å². The van der Waals surface area contributed by atoms with Gasteiger partial charge in [0.15, 0.2) is 0 Å². The lowest BCUT2D eigenvalue weighted by molar-refractivity contribution is 0.0870. The van der Waals surface area contributed by atoms with Crippen molar-refractivity contribution in [3.05, 3.63) is 23.8 Å². The molecule has 0 bridgehead atoms. The van der Waals surface area contributed by atoms with Gasteiger partial charge in [-0.15, -0.1) is 0 Å². The summed E-state index contributed by atoms with van der Waals surface area (Å²) in [5.74, 6) is 0.209. The lowest BCUT2D eigenvalue weighted by atomic mass is 9.87. The van der Waals surface area contributed by atoms with Crippen molar-refractivity contribution in [1.82, 2.24) is 15.3 Å². The first-order chi connectivity index (χ1) is 8.65. The third kappa shape index (κ3) is 3.50. The minimum Gasteiger partial charge on any atom is -0.393 e. The molecule has 0 radical (unpaired) electrons. The monoisotopic (exact) mass is 249 g/mol. The predicted octanol–water partition coefficient (Wildman–Crippen LogP) is 1.07. The van der Waals surface area contributed by atoms with Gasteiger partial charge in [0.05, 0.1) is 6.10 Å². The predicted molar refractivity (Wildman–Crippen MR) is 67.1 cm³/mol. The molecule has 2 N–H and O–H groups in total. The molecule has 1 amide bonds. The Hall–Kier alpha value is -1.49. The molecule has 1 aliphatic rings. The van der Waals surface area contributed by atoms with Crippen LogP contribution in [-0.2, 0) is 0 Å². The van der Waals surface area contributed by atoms with Crippen LogP contribution in [0.2, 0.25) is 0 Å². The fourth-order valence-electron chi connectivity index (χ4n) is 2.35. The van der Waals surface area contributed by atoms with Crippen LogP contribution < -0.4 is 5.32 Å².